The average molecular weight is 264 g/mol. The van der Waals surface area contributed by atoms with Gasteiger partial charge in [0.25, 0.3) is 0 Å². The fourth-order valence-corrected chi connectivity index (χ4v) is 3.47. The van der Waals surface area contributed by atoms with Crippen molar-refractivity contribution in [3.05, 3.63) is 12.1 Å². The number of nitrogens with two attached hydrogens (primary N) is 1. The van der Waals surface area contributed by atoms with Gasteiger partial charge in [-0.25, -0.2) is 4.98 Å². The van der Waals surface area contributed by atoms with Gasteiger partial charge in [0.1, 0.15) is 5.03 Å². The van der Waals surface area contributed by atoms with E-state index in [1.807, 2.05) is 23.9 Å². The van der Waals surface area contributed by atoms with E-state index in [1.54, 1.807) is 0 Å². The maximum absolute atomic E-state index is 5.91. The van der Waals surface area contributed by atoms with Gasteiger partial charge in [0.05, 0.1) is 12.3 Å². The molecule has 18 heavy (non-hydrogen) atoms. The lowest BCUT2D eigenvalue weighted by molar-refractivity contribution is 0.288. The van der Waals surface area contributed by atoms with Crippen molar-refractivity contribution in [2.24, 2.45) is 5.92 Å². The smallest absolute Gasteiger partial charge is 0.238 e. The Kier molecular flexibility index (Phi) is 3.64. The first kappa shape index (κ1) is 12.2. The van der Waals surface area contributed by atoms with Crippen LogP contribution >= 0.6 is 11.8 Å². The Morgan fingerprint density at radius 3 is 2.72 bits per heavy atom. The molecule has 3 rings (SSSR count). The molecule has 0 spiro atoms. The van der Waals surface area contributed by atoms with Crippen molar-refractivity contribution in [1.29, 1.82) is 0 Å². The zero-order valence-corrected chi connectivity index (χ0v) is 11.4. The Morgan fingerprint density at radius 1 is 1.22 bits per heavy atom. The first-order chi connectivity index (χ1) is 8.81. The molecule has 0 bridgehead atoms. The molecule has 1 aromatic heterocycles. The summed E-state index contributed by atoms with van der Waals surface area (Å²) in [7, 11) is 0. The van der Waals surface area contributed by atoms with E-state index in [0.29, 0.717) is 11.6 Å². The van der Waals surface area contributed by atoms with Crippen LogP contribution in [0.25, 0.3) is 0 Å². The molecule has 0 unspecified atom stereocenters. The molecule has 0 aromatic carbocycles. The van der Waals surface area contributed by atoms with E-state index in [4.69, 9.17) is 10.5 Å². The van der Waals surface area contributed by atoms with Gasteiger partial charge in [0, 0.05) is 5.25 Å². The molecular weight excluding hydrogens is 244 g/mol. The normalized spacial score (nSPS) is 20.2. The number of hydrogen-bond acceptors (Lipinski definition) is 4. The SMILES string of the molecule is Nc1ccc(SC2CCCC2)nc1OCC1CC1. The first-order valence-corrected chi connectivity index (χ1v) is 7.75. The Hall–Kier alpha value is -0.900. The molecule has 0 atom stereocenters. The molecule has 1 aromatic rings. The lowest BCUT2D eigenvalue weighted by Gasteiger charge is -2.11. The summed E-state index contributed by atoms with van der Waals surface area (Å²) in [6.45, 7) is 0.773. The lowest BCUT2D eigenvalue weighted by Crippen LogP contribution is -2.04. The van der Waals surface area contributed by atoms with Crippen molar-refractivity contribution in [3.63, 3.8) is 0 Å². The third-order valence-corrected chi connectivity index (χ3v) is 4.88. The zero-order chi connectivity index (χ0) is 12.4. The third kappa shape index (κ3) is 3.10. The minimum absolute atomic E-state index is 0.630. The van der Waals surface area contributed by atoms with E-state index >= 15 is 0 Å². The second-order valence-electron chi connectivity index (χ2n) is 5.32. The first-order valence-electron chi connectivity index (χ1n) is 6.87. The lowest BCUT2D eigenvalue weighted by atomic mass is 10.4. The second kappa shape index (κ2) is 5.39. The summed E-state index contributed by atoms with van der Waals surface area (Å²) < 4.78 is 5.72. The van der Waals surface area contributed by atoms with Crippen molar-refractivity contribution in [2.45, 2.75) is 48.8 Å². The number of rotatable bonds is 5. The van der Waals surface area contributed by atoms with Gasteiger partial charge in [-0.1, -0.05) is 12.8 Å². The maximum Gasteiger partial charge on any atom is 0.238 e. The number of thioether (sulfide) groups is 1. The van der Waals surface area contributed by atoms with Gasteiger partial charge in [-0.3, -0.25) is 0 Å². The Balaban J connectivity index is 1.63. The van der Waals surface area contributed by atoms with E-state index in [-0.39, 0.29) is 0 Å². The van der Waals surface area contributed by atoms with Crippen LogP contribution in [0, 0.1) is 5.92 Å². The molecule has 1 heterocycles. The molecule has 0 aliphatic heterocycles. The molecule has 0 amide bonds. The highest BCUT2D eigenvalue weighted by atomic mass is 32.2. The monoisotopic (exact) mass is 264 g/mol. The average Bonchev–Trinajstić information content (AvgIpc) is 3.07. The molecule has 4 heteroatoms. The van der Waals surface area contributed by atoms with E-state index in [1.165, 1.54) is 38.5 Å². The minimum Gasteiger partial charge on any atom is -0.476 e. The van der Waals surface area contributed by atoms with Gasteiger partial charge in [-0.2, -0.15) is 0 Å². The predicted octanol–water partition coefficient (Wildman–Crippen LogP) is 3.49. The molecule has 0 radical (unpaired) electrons. The van der Waals surface area contributed by atoms with Crippen LogP contribution in [-0.4, -0.2) is 16.8 Å². The largest absolute Gasteiger partial charge is 0.476 e. The number of aromatic nitrogens is 1. The highest BCUT2D eigenvalue weighted by Crippen LogP contribution is 2.36. The van der Waals surface area contributed by atoms with E-state index < -0.39 is 0 Å². The number of nitrogen functional groups attached to an aromatic ring is 1. The van der Waals surface area contributed by atoms with Crippen molar-refractivity contribution >= 4 is 17.4 Å². The van der Waals surface area contributed by atoms with Gasteiger partial charge < -0.3 is 10.5 Å². The summed E-state index contributed by atoms with van der Waals surface area (Å²) in [6, 6.07) is 3.94. The Bertz CT molecular complexity index is 414. The Morgan fingerprint density at radius 2 is 2.00 bits per heavy atom. The van der Waals surface area contributed by atoms with Gasteiger partial charge in [0.2, 0.25) is 5.88 Å². The van der Waals surface area contributed by atoms with Gasteiger partial charge in [0.15, 0.2) is 0 Å². The summed E-state index contributed by atoms with van der Waals surface area (Å²) in [4.78, 5) is 4.55. The van der Waals surface area contributed by atoms with E-state index in [2.05, 4.69) is 4.98 Å². The fraction of sp³-hybridized carbons (Fsp3) is 0.643. The minimum atomic E-state index is 0.630. The number of ether oxygens (including phenoxy) is 1. The molecule has 2 saturated carbocycles. The Labute approximate surface area is 113 Å². The number of pyridine rings is 1. The summed E-state index contributed by atoms with van der Waals surface area (Å²) in [5.41, 5.74) is 6.57. The molecule has 2 aliphatic rings. The number of hydrogen-bond donors (Lipinski definition) is 1. The molecule has 3 nitrogen and oxygen atoms in total. The molecule has 2 fully saturated rings. The van der Waals surface area contributed by atoms with Crippen LogP contribution in [0.2, 0.25) is 0 Å². The number of anilines is 1. The zero-order valence-electron chi connectivity index (χ0n) is 10.6. The van der Waals surface area contributed by atoms with Crippen molar-refractivity contribution in [2.75, 3.05) is 12.3 Å². The van der Waals surface area contributed by atoms with Crippen LogP contribution < -0.4 is 10.5 Å². The highest BCUT2D eigenvalue weighted by Gasteiger charge is 2.23. The van der Waals surface area contributed by atoms with Crippen LogP contribution in [0.5, 0.6) is 5.88 Å². The van der Waals surface area contributed by atoms with Gasteiger partial charge in [-0.15, -0.1) is 11.8 Å². The van der Waals surface area contributed by atoms with Crippen LogP contribution in [0.3, 0.4) is 0 Å². The highest BCUT2D eigenvalue weighted by molar-refractivity contribution is 7.99. The van der Waals surface area contributed by atoms with E-state index in [9.17, 15) is 0 Å². The molecule has 2 N–H and O–H groups in total. The van der Waals surface area contributed by atoms with Crippen molar-refractivity contribution in [3.8, 4) is 5.88 Å². The second-order valence-corrected chi connectivity index (χ2v) is 6.64. The van der Waals surface area contributed by atoms with Crippen molar-refractivity contribution < 1.29 is 4.74 Å². The van der Waals surface area contributed by atoms with Crippen LogP contribution in [0.4, 0.5) is 5.69 Å². The van der Waals surface area contributed by atoms with Gasteiger partial charge >= 0.3 is 0 Å². The predicted molar refractivity (Wildman–Crippen MR) is 75.0 cm³/mol. The topological polar surface area (TPSA) is 48.1 Å². The maximum atomic E-state index is 5.91. The summed E-state index contributed by atoms with van der Waals surface area (Å²) in [5.74, 6) is 1.36. The number of nitrogens with zero attached hydrogens (tertiary/aromatic N) is 1. The molecular formula is C14H20N2OS. The summed E-state index contributed by atoms with van der Waals surface area (Å²) in [6.07, 6.45) is 7.92. The standard InChI is InChI=1S/C14H20N2OS/c15-12-7-8-13(18-11-3-1-2-4-11)16-14(12)17-9-10-5-6-10/h7-8,10-11H,1-6,9,15H2. The van der Waals surface area contributed by atoms with Crippen molar-refractivity contribution in [1.82, 2.24) is 4.98 Å². The quantitative estimate of drug-likeness (QED) is 0.884. The molecule has 98 valence electrons. The summed E-state index contributed by atoms with van der Waals surface area (Å²) >= 11 is 1.88. The van der Waals surface area contributed by atoms with Crippen LogP contribution in [-0.2, 0) is 0 Å². The van der Waals surface area contributed by atoms with Crippen LogP contribution in [0.15, 0.2) is 17.2 Å². The van der Waals surface area contributed by atoms with E-state index in [0.717, 1.165) is 22.8 Å². The summed E-state index contributed by atoms with van der Waals surface area (Å²) in [5, 5.41) is 1.79. The van der Waals surface area contributed by atoms with Gasteiger partial charge in [-0.05, 0) is 43.7 Å². The third-order valence-electron chi connectivity index (χ3n) is 3.61. The van der Waals surface area contributed by atoms with Crippen LogP contribution in [0.1, 0.15) is 38.5 Å². The fourth-order valence-electron chi connectivity index (χ4n) is 2.27. The molecule has 0 saturated heterocycles. The molecule has 2 aliphatic carbocycles.